The van der Waals surface area contributed by atoms with Gasteiger partial charge in [-0.1, -0.05) is 0 Å². The van der Waals surface area contributed by atoms with Crippen LogP contribution in [0.15, 0.2) is 37.1 Å². The van der Waals surface area contributed by atoms with Crippen molar-refractivity contribution in [3.05, 3.63) is 54.1 Å². The highest BCUT2D eigenvalue weighted by molar-refractivity contribution is 6.09. The lowest BCUT2D eigenvalue weighted by Gasteiger charge is -2.12. The number of hydrogen-bond donors (Lipinski definition) is 3. The Morgan fingerprint density at radius 1 is 1.14 bits per heavy atom. The number of aromatic nitrogens is 5. The van der Waals surface area contributed by atoms with E-state index in [9.17, 15) is 14.7 Å². The number of rotatable bonds is 6. The summed E-state index contributed by atoms with van der Waals surface area (Å²) >= 11 is 0. The van der Waals surface area contributed by atoms with Crippen LogP contribution in [0.5, 0.6) is 0 Å². The van der Waals surface area contributed by atoms with Gasteiger partial charge in [-0.25, -0.2) is 19.7 Å². The molecule has 142 valence electrons. The number of carbonyl (C=O) groups excluding carboxylic acids is 1. The average molecular weight is 379 g/mol. The van der Waals surface area contributed by atoms with E-state index in [1.165, 1.54) is 17.2 Å². The highest BCUT2D eigenvalue weighted by Crippen LogP contribution is 2.39. The minimum Gasteiger partial charge on any atom is -0.476 e. The van der Waals surface area contributed by atoms with Crippen molar-refractivity contribution in [3.8, 4) is 0 Å². The Bertz CT molecular complexity index is 1040. The normalized spacial score (nSPS) is 13.2. The van der Waals surface area contributed by atoms with Crippen molar-refractivity contribution in [3.63, 3.8) is 0 Å². The third-order valence-corrected chi connectivity index (χ3v) is 4.25. The summed E-state index contributed by atoms with van der Waals surface area (Å²) in [5.74, 6) is -1.40. The Hall–Kier alpha value is -3.82. The van der Waals surface area contributed by atoms with Gasteiger partial charge in [0.2, 0.25) is 0 Å². The Morgan fingerprint density at radius 2 is 1.89 bits per heavy atom. The molecule has 0 aromatic carbocycles. The molecular weight excluding hydrogens is 362 g/mol. The number of aryl methyl sites for hydroxylation is 1. The molecule has 0 radical (unpaired) electrons. The molecule has 0 unspecified atom stereocenters. The third-order valence-electron chi connectivity index (χ3n) is 4.25. The molecule has 1 aliphatic carbocycles. The predicted molar refractivity (Wildman–Crippen MR) is 99.6 cm³/mol. The van der Waals surface area contributed by atoms with Crippen LogP contribution in [0.1, 0.15) is 45.4 Å². The Labute approximate surface area is 159 Å². The second-order valence-electron chi connectivity index (χ2n) is 6.48. The first kappa shape index (κ1) is 17.6. The summed E-state index contributed by atoms with van der Waals surface area (Å²) in [4.78, 5) is 36.7. The lowest BCUT2D eigenvalue weighted by atomic mass is 10.2. The Kier molecular flexibility index (Phi) is 4.44. The number of carboxylic acids is 1. The topological polar surface area (TPSA) is 135 Å². The molecule has 0 saturated heterocycles. The Morgan fingerprint density at radius 3 is 2.57 bits per heavy atom. The van der Waals surface area contributed by atoms with Gasteiger partial charge in [-0.3, -0.25) is 9.48 Å². The summed E-state index contributed by atoms with van der Waals surface area (Å²) < 4.78 is 1.33. The zero-order valence-electron chi connectivity index (χ0n) is 15.0. The fourth-order valence-corrected chi connectivity index (χ4v) is 2.79. The molecule has 4 rings (SSSR count). The molecule has 1 aliphatic rings. The average Bonchev–Trinajstić information content (AvgIpc) is 3.46. The minimum atomic E-state index is -1.23. The quantitative estimate of drug-likeness (QED) is 0.593. The molecule has 0 atom stereocenters. The van der Waals surface area contributed by atoms with Crippen molar-refractivity contribution in [1.82, 2.24) is 24.7 Å². The molecule has 3 heterocycles. The van der Waals surface area contributed by atoms with Crippen LogP contribution in [0.25, 0.3) is 0 Å². The SMILES string of the molecule is Cn1cc(NC(=O)c2nc(C3CC3)ccc2Nc2cncnc2)c(C(=O)O)n1. The molecule has 3 N–H and O–H groups in total. The van der Waals surface area contributed by atoms with E-state index in [-0.39, 0.29) is 17.1 Å². The zero-order valence-corrected chi connectivity index (χ0v) is 15.0. The van der Waals surface area contributed by atoms with Gasteiger partial charge in [0.25, 0.3) is 5.91 Å². The standard InChI is InChI=1S/C18H17N7O3/c1-25-8-14(16(24-25)18(27)28)23-17(26)15-13(21-11-6-19-9-20-7-11)5-4-12(22-15)10-2-3-10/h4-10,21H,2-3H2,1H3,(H,23,26)(H,27,28). The Balaban J connectivity index is 1.67. The maximum Gasteiger partial charge on any atom is 0.358 e. The fraction of sp³-hybridized carbons (Fsp3) is 0.222. The number of nitrogens with one attached hydrogen (secondary N) is 2. The van der Waals surface area contributed by atoms with Crippen LogP contribution in [0.4, 0.5) is 17.1 Å². The van der Waals surface area contributed by atoms with E-state index < -0.39 is 11.9 Å². The van der Waals surface area contributed by atoms with Crippen LogP contribution in [-0.4, -0.2) is 41.7 Å². The van der Waals surface area contributed by atoms with Crippen molar-refractivity contribution >= 4 is 28.9 Å². The summed E-state index contributed by atoms with van der Waals surface area (Å²) in [5.41, 5.74) is 1.94. The highest BCUT2D eigenvalue weighted by atomic mass is 16.4. The number of amides is 1. The third kappa shape index (κ3) is 3.65. The smallest absolute Gasteiger partial charge is 0.358 e. The summed E-state index contributed by atoms with van der Waals surface area (Å²) in [5, 5.41) is 18.8. The number of carboxylic acid groups (broad SMARTS) is 1. The highest BCUT2D eigenvalue weighted by Gasteiger charge is 2.27. The van der Waals surface area contributed by atoms with E-state index in [1.807, 2.05) is 6.07 Å². The fourth-order valence-electron chi connectivity index (χ4n) is 2.79. The number of carbonyl (C=O) groups is 2. The molecule has 3 aromatic rings. The molecule has 0 spiro atoms. The van der Waals surface area contributed by atoms with Gasteiger partial charge >= 0.3 is 5.97 Å². The van der Waals surface area contributed by atoms with E-state index in [4.69, 9.17) is 0 Å². The van der Waals surface area contributed by atoms with E-state index in [0.29, 0.717) is 17.3 Å². The summed E-state index contributed by atoms with van der Waals surface area (Å²) in [7, 11) is 1.58. The van der Waals surface area contributed by atoms with Crippen LogP contribution in [-0.2, 0) is 7.05 Å². The molecule has 1 saturated carbocycles. The van der Waals surface area contributed by atoms with Crippen LogP contribution >= 0.6 is 0 Å². The van der Waals surface area contributed by atoms with Gasteiger partial charge in [-0.15, -0.1) is 0 Å². The van der Waals surface area contributed by atoms with Gasteiger partial charge in [-0.2, -0.15) is 5.10 Å². The van der Waals surface area contributed by atoms with E-state index >= 15 is 0 Å². The van der Waals surface area contributed by atoms with Gasteiger partial charge in [0.1, 0.15) is 6.33 Å². The summed E-state index contributed by atoms with van der Waals surface area (Å²) in [6, 6.07) is 3.66. The van der Waals surface area contributed by atoms with Crippen molar-refractivity contribution in [2.24, 2.45) is 7.05 Å². The van der Waals surface area contributed by atoms with E-state index in [2.05, 4.69) is 30.7 Å². The monoisotopic (exact) mass is 379 g/mol. The number of hydrogen-bond acceptors (Lipinski definition) is 7. The van der Waals surface area contributed by atoms with Crippen molar-refractivity contribution in [2.75, 3.05) is 10.6 Å². The van der Waals surface area contributed by atoms with Crippen LogP contribution in [0.3, 0.4) is 0 Å². The number of aromatic carboxylic acids is 1. The first-order chi connectivity index (χ1) is 13.5. The van der Waals surface area contributed by atoms with Crippen molar-refractivity contribution in [1.29, 1.82) is 0 Å². The van der Waals surface area contributed by atoms with Crippen LogP contribution in [0.2, 0.25) is 0 Å². The van der Waals surface area contributed by atoms with Gasteiger partial charge in [0, 0.05) is 24.9 Å². The molecule has 1 fully saturated rings. The number of nitrogens with zero attached hydrogens (tertiary/aromatic N) is 5. The lowest BCUT2D eigenvalue weighted by Crippen LogP contribution is -2.18. The van der Waals surface area contributed by atoms with Gasteiger partial charge in [-0.05, 0) is 25.0 Å². The molecule has 28 heavy (non-hydrogen) atoms. The molecule has 0 bridgehead atoms. The molecule has 1 amide bonds. The number of anilines is 3. The van der Waals surface area contributed by atoms with Gasteiger partial charge in [0.05, 0.1) is 29.5 Å². The first-order valence-corrected chi connectivity index (χ1v) is 8.62. The molecule has 10 heteroatoms. The number of pyridine rings is 1. The van der Waals surface area contributed by atoms with Gasteiger partial charge in [0.15, 0.2) is 11.4 Å². The summed E-state index contributed by atoms with van der Waals surface area (Å²) in [6.45, 7) is 0. The van der Waals surface area contributed by atoms with E-state index in [1.54, 1.807) is 25.5 Å². The first-order valence-electron chi connectivity index (χ1n) is 8.62. The second kappa shape index (κ2) is 7.06. The van der Waals surface area contributed by atoms with Crippen molar-refractivity contribution in [2.45, 2.75) is 18.8 Å². The molecular formula is C18H17N7O3. The van der Waals surface area contributed by atoms with Gasteiger partial charge < -0.3 is 15.7 Å². The maximum absolute atomic E-state index is 12.9. The summed E-state index contributed by atoms with van der Waals surface area (Å²) in [6.07, 6.45) is 8.08. The maximum atomic E-state index is 12.9. The largest absolute Gasteiger partial charge is 0.476 e. The van der Waals surface area contributed by atoms with Crippen molar-refractivity contribution < 1.29 is 14.7 Å². The lowest BCUT2D eigenvalue weighted by molar-refractivity contribution is 0.0690. The molecule has 10 nitrogen and oxygen atoms in total. The minimum absolute atomic E-state index is 0.104. The van der Waals surface area contributed by atoms with E-state index in [0.717, 1.165) is 18.5 Å². The second-order valence-corrected chi connectivity index (χ2v) is 6.48. The zero-order chi connectivity index (χ0) is 19.7. The predicted octanol–water partition coefficient (Wildman–Crippen LogP) is 2.18. The molecule has 0 aliphatic heterocycles. The van der Waals surface area contributed by atoms with Crippen LogP contribution in [0, 0.1) is 0 Å². The van der Waals surface area contributed by atoms with Crippen LogP contribution < -0.4 is 10.6 Å². The molecule has 3 aromatic heterocycles.